The van der Waals surface area contributed by atoms with E-state index in [1.165, 1.54) is 12.2 Å². The van der Waals surface area contributed by atoms with Gasteiger partial charge >= 0.3 is 0 Å². The topological polar surface area (TPSA) is 17.1 Å². The Balaban J connectivity index is 3.03. The Morgan fingerprint density at radius 1 is 1.50 bits per heavy atom. The molecule has 0 N–H and O–H groups in total. The van der Waals surface area contributed by atoms with Gasteiger partial charge in [0.15, 0.2) is 5.78 Å². The number of hydrogen-bond acceptors (Lipinski definition) is 1. The average molecular weight is 106 g/mol. The van der Waals surface area contributed by atoms with Gasteiger partial charge in [-0.3, -0.25) is 4.79 Å². The number of rotatable bonds is 0. The van der Waals surface area contributed by atoms with Crippen LogP contribution in [0.5, 0.6) is 0 Å². The summed E-state index contributed by atoms with van der Waals surface area (Å²) in [6.45, 7) is 1.90. The van der Waals surface area contributed by atoms with E-state index >= 15 is 0 Å². The highest BCUT2D eigenvalue weighted by Crippen LogP contribution is 1.97. The molecule has 40 valence electrons. The van der Waals surface area contributed by atoms with Crippen LogP contribution in [0.4, 0.5) is 0 Å². The molecule has 0 heterocycles. The smallest absolute Gasteiger partial charge is 0.186 e. The zero-order chi connectivity index (χ0) is 5.98. The van der Waals surface area contributed by atoms with E-state index in [0.717, 1.165) is 5.57 Å². The normalized spacial score (nSPS) is 16.6. The Morgan fingerprint density at radius 3 is 2.62 bits per heavy atom. The average Bonchev–Trinajstić information content (AvgIpc) is 1.77. The molecule has 1 nitrogen and oxygen atoms in total. The first-order valence-electron chi connectivity index (χ1n) is 2.44. The number of ketones is 1. The molecule has 0 radical (unpaired) electrons. The molecule has 1 aliphatic carbocycles. The fraction of sp³-hybridized carbons (Fsp3) is 0.143. The second kappa shape index (κ2) is 1.81. The lowest BCUT2D eigenvalue weighted by Gasteiger charge is -1.87. The van der Waals surface area contributed by atoms with Crippen molar-refractivity contribution in [3.05, 3.63) is 29.5 Å². The molecule has 1 aliphatic rings. The van der Waals surface area contributed by atoms with Crippen molar-refractivity contribution in [1.29, 1.82) is 0 Å². The quantitative estimate of drug-likeness (QED) is 0.424. The van der Waals surface area contributed by atoms with Gasteiger partial charge in [0.2, 0.25) is 0 Å². The lowest BCUT2D eigenvalue weighted by molar-refractivity contribution is -0.110. The summed E-state index contributed by atoms with van der Waals surface area (Å²) in [5.74, 6) is 0.0237. The van der Waals surface area contributed by atoms with E-state index < -0.39 is 0 Å². The Labute approximate surface area is 48.0 Å². The SMILES string of the molecule is CC1=C=CC(=O)C=C1. The van der Waals surface area contributed by atoms with Crippen LogP contribution in [0.25, 0.3) is 0 Å². The van der Waals surface area contributed by atoms with Gasteiger partial charge in [-0.05, 0) is 24.6 Å². The molecule has 0 saturated carbocycles. The summed E-state index contributed by atoms with van der Waals surface area (Å²) in [4.78, 5) is 10.4. The lowest BCUT2D eigenvalue weighted by Crippen LogP contribution is -1.86. The molecular formula is C7H6O. The lowest BCUT2D eigenvalue weighted by atomic mass is 10.2. The maximum atomic E-state index is 10.4. The first-order valence-corrected chi connectivity index (χ1v) is 2.44. The molecule has 0 spiro atoms. The maximum absolute atomic E-state index is 10.4. The van der Waals surface area contributed by atoms with E-state index in [4.69, 9.17) is 0 Å². The first-order chi connectivity index (χ1) is 3.79. The van der Waals surface area contributed by atoms with Crippen molar-refractivity contribution >= 4 is 5.78 Å². The third-order valence-electron chi connectivity index (χ3n) is 0.940. The third kappa shape index (κ3) is 0.955. The zero-order valence-corrected chi connectivity index (χ0v) is 4.64. The Morgan fingerprint density at radius 2 is 2.25 bits per heavy atom. The van der Waals surface area contributed by atoms with Crippen LogP contribution in [-0.2, 0) is 4.79 Å². The third-order valence-corrected chi connectivity index (χ3v) is 0.940. The fourth-order valence-electron chi connectivity index (χ4n) is 0.488. The van der Waals surface area contributed by atoms with Gasteiger partial charge in [-0.1, -0.05) is 0 Å². The van der Waals surface area contributed by atoms with Crippen LogP contribution >= 0.6 is 0 Å². The molecule has 0 fully saturated rings. The molecule has 0 aromatic rings. The predicted octanol–water partition coefficient (Wildman–Crippen LogP) is 1.23. The highest BCUT2D eigenvalue weighted by molar-refractivity contribution is 6.00. The molecule has 0 saturated heterocycles. The van der Waals surface area contributed by atoms with Crippen LogP contribution in [0.1, 0.15) is 6.92 Å². The molecule has 0 unspecified atom stereocenters. The molecule has 0 aromatic carbocycles. The van der Waals surface area contributed by atoms with Crippen molar-refractivity contribution in [2.75, 3.05) is 0 Å². The summed E-state index contributed by atoms with van der Waals surface area (Å²) in [5, 5.41) is 0. The molecule has 1 heteroatoms. The summed E-state index contributed by atoms with van der Waals surface area (Å²) in [5.41, 5.74) is 3.79. The highest BCUT2D eigenvalue weighted by Gasteiger charge is 1.91. The molecule has 0 aliphatic heterocycles. The van der Waals surface area contributed by atoms with Gasteiger partial charge in [0.05, 0.1) is 0 Å². The van der Waals surface area contributed by atoms with Crippen molar-refractivity contribution in [2.24, 2.45) is 0 Å². The van der Waals surface area contributed by atoms with Crippen LogP contribution in [0.2, 0.25) is 0 Å². The molecule has 8 heavy (non-hydrogen) atoms. The zero-order valence-electron chi connectivity index (χ0n) is 4.64. The summed E-state index contributed by atoms with van der Waals surface area (Å²) >= 11 is 0. The molecular weight excluding hydrogens is 100 g/mol. The Hall–Kier alpha value is -1.07. The van der Waals surface area contributed by atoms with Gasteiger partial charge in [0.1, 0.15) is 0 Å². The largest absolute Gasteiger partial charge is 0.289 e. The number of hydrogen-bond donors (Lipinski definition) is 0. The Bertz CT molecular complexity index is 202. The van der Waals surface area contributed by atoms with Gasteiger partial charge in [-0.2, -0.15) is 0 Å². The van der Waals surface area contributed by atoms with Crippen LogP contribution in [0.3, 0.4) is 0 Å². The first kappa shape index (κ1) is 5.07. The number of carbonyl (C=O) groups excluding carboxylic acids is 1. The van der Waals surface area contributed by atoms with E-state index in [1.807, 2.05) is 6.92 Å². The van der Waals surface area contributed by atoms with E-state index in [1.54, 1.807) is 6.08 Å². The van der Waals surface area contributed by atoms with Crippen molar-refractivity contribution in [1.82, 2.24) is 0 Å². The standard InChI is InChI=1S/C7H6O/c1-6-2-4-7(8)5-3-6/h2,4-5H,1H3. The van der Waals surface area contributed by atoms with Crippen molar-refractivity contribution in [3.63, 3.8) is 0 Å². The highest BCUT2D eigenvalue weighted by atomic mass is 16.1. The Kier molecular flexibility index (Phi) is 1.15. The minimum absolute atomic E-state index is 0.0237. The second-order valence-electron chi connectivity index (χ2n) is 1.71. The summed E-state index contributed by atoms with van der Waals surface area (Å²) in [6.07, 6.45) is 4.73. The number of allylic oxidation sites excluding steroid dienone is 3. The summed E-state index contributed by atoms with van der Waals surface area (Å²) < 4.78 is 0. The molecule has 0 bridgehead atoms. The van der Waals surface area contributed by atoms with E-state index in [9.17, 15) is 4.79 Å². The second-order valence-corrected chi connectivity index (χ2v) is 1.71. The van der Waals surface area contributed by atoms with Gasteiger partial charge < -0.3 is 0 Å². The molecule has 0 aromatic heterocycles. The fourth-order valence-corrected chi connectivity index (χ4v) is 0.488. The molecule has 0 amide bonds. The minimum atomic E-state index is 0.0237. The molecule has 0 atom stereocenters. The molecule has 1 rings (SSSR count). The van der Waals surface area contributed by atoms with E-state index in [0.29, 0.717) is 0 Å². The van der Waals surface area contributed by atoms with Crippen LogP contribution < -0.4 is 0 Å². The van der Waals surface area contributed by atoms with Gasteiger partial charge in [0, 0.05) is 6.08 Å². The maximum Gasteiger partial charge on any atom is 0.186 e. The number of carbonyl (C=O) groups is 1. The monoisotopic (exact) mass is 106 g/mol. The van der Waals surface area contributed by atoms with Crippen LogP contribution in [0, 0.1) is 0 Å². The van der Waals surface area contributed by atoms with E-state index in [2.05, 4.69) is 5.73 Å². The van der Waals surface area contributed by atoms with Crippen molar-refractivity contribution in [3.8, 4) is 0 Å². The van der Waals surface area contributed by atoms with Crippen LogP contribution in [-0.4, -0.2) is 5.78 Å². The van der Waals surface area contributed by atoms with Crippen molar-refractivity contribution < 1.29 is 4.79 Å². The van der Waals surface area contributed by atoms with Gasteiger partial charge in [0.25, 0.3) is 0 Å². The van der Waals surface area contributed by atoms with Gasteiger partial charge in [-0.25, -0.2) is 0 Å². The summed E-state index contributed by atoms with van der Waals surface area (Å²) in [7, 11) is 0. The van der Waals surface area contributed by atoms with Gasteiger partial charge in [-0.15, -0.1) is 5.73 Å². The summed E-state index contributed by atoms with van der Waals surface area (Å²) in [6, 6.07) is 0. The van der Waals surface area contributed by atoms with Crippen molar-refractivity contribution in [2.45, 2.75) is 6.92 Å². The van der Waals surface area contributed by atoms with Crippen LogP contribution in [0.15, 0.2) is 29.5 Å². The van der Waals surface area contributed by atoms with E-state index in [-0.39, 0.29) is 5.78 Å². The minimum Gasteiger partial charge on any atom is -0.289 e. The predicted molar refractivity (Wildman–Crippen MR) is 31.4 cm³/mol.